The summed E-state index contributed by atoms with van der Waals surface area (Å²) >= 11 is 6.41. The standard InChI is InChI=1S/C33H28ClN3O8/c1-35(2)13-14-42-24-11-12-28-20(15-24)16-30(44-28)32(38)36-19-21(18-34)31-26-6-4-3-5-25(26)29(17-27(31)36)45-33(39)43-23-9-7-22(8-10-23)37(40)41/h3-12,15-17,21H,13-14,18-19H2,1-2H3/t21-/m1/s1. The molecule has 0 unspecified atom stereocenters. The number of alkyl halides is 1. The molecule has 2 heterocycles. The van der Waals surface area contributed by atoms with E-state index in [1.165, 1.54) is 24.3 Å². The quantitative estimate of drug-likeness (QED) is 0.0557. The van der Waals surface area contributed by atoms with Gasteiger partial charge in [-0.15, -0.1) is 11.6 Å². The van der Waals surface area contributed by atoms with Crippen LogP contribution in [0.15, 0.2) is 83.3 Å². The second-order valence-corrected chi connectivity index (χ2v) is 11.1. The fourth-order valence-corrected chi connectivity index (χ4v) is 5.61. The van der Waals surface area contributed by atoms with Crippen molar-refractivity contribution in [3.05, 3.63) is 100 Å². The summed E-state index contributed by atoms with van der Waals surface area (Å²) in [4.78, 5) is 40.7. The van der Waals surface area contributed by atoms with E-state index in [1.54, 1.807) is 35.2 Å². The van der Waals surface area contributed by atoms with Crippen molar-refractivity contribution < 1.29 is 33.1 Å². The summed E-state index contributed by atoms with van der Waals surface area (Å²) in [6, 6.07) is 21.1. The van der Waals surface area contributed by atoms with Crippen LogP contribution in [0.25, 0.3) is 21.7 Å². The molecule has 0 saturated carbocycles. The van der Waals surface area contributed by atoms with Crippen molar-refractivity contribution in [2.75, 3.05) is 44.6 Å². The third kappa shape index (κ3) is 6.13. The number of nitro benzene ring substituents is 1. The highest BCUT2D eigenvalue weighted by Gasteiger charge is 2.36. The van der Waals surface area contributed by atoms with Crippen LogP contribution < -0.4 is 19.1 Å². The second kappa shape index (κ2) is 12.5. The van der Waals surface area contributed by atoms with Gasteiger partial charge in [0.1, 0.15) is 29.4 Å². The fraction of sp³-hybridized carbons (Fsp3) is 0.212. The first-order valence-electron chi connectivity index (χ1n) is 14.1. The summed E-state index contributed by atoms with van der Waals surface area (Å²) in [7, 11) is 3.94. The number of anilines is 1. The first kappa shape index (κ1) is 29.9. The number of non-ortho nitro benzene ring substituents is 1. The Morgan fingerprint density at radius 3 is 2.44 bits per heavy atom. The molecule has 45 heavy (non-hydrogen) atoms. The van der Waals surface area contributed by atoms with Crippen LogP contribution >= 0.6 is 11.6 Å². The molecule has 0 aliphatic carbocycles. The van der Waals surface area contributed by atoms with Gasteiger partial charge in [0.15, 0.2) is 5.76 Å². The monoisotopic (exact) mass is 629 g/mol. The number of likely N-dealkylation sites (N-methyl/N-ethyl adjacent to an activating group) is 1. The molecule has 0 N–H and O–H groups in total. The highest BCUT2D eigenvalue weighted by atomic mass is 35.5. The topological polar surface area (TPSA) is 125 Å². The smallest absolute Gasteiger partial charge is 0.492 e. The zero-order chi connectivity index (χ0) is 31.7. The molecule has 6 rings (SSSR count). The number of benzene rings is 4. The van der Waals surface area contributed by atoms with Gasteiger partial charge in [-0.25, -0.2) is 4.79 Å². The molecule has 230 valence electrons. The number of nitrogens with zero attached hydrogens (tertiary/aromatic N) is 3. The number of halogens is 1. The minimum Gasteiger partial charge on any atom is -0.492 e. The third-order valence-corrected chi connectivity index (χ3v) is 7.88. The Morgan fingerprint density at radius 1 is 1.00 bits per heavy atom. The Balaban J connectivity index is 1.30. The number of rotatable bonds is 9. The van der Waals surface area contributed by atoms with Crippen LogP contribution in [0.2, 0.25) is 0 Å². The van der Waals surface area contributed by atoms with Crippen LogP contribution in [-0.2, 0) is 0 Å². The summed E-state index contributed by atoms with van der Waals surface area (Å²) in [5, 5.41) is 13.1. The van der Waals surface area contributed by atoms with Crippen molar-refractivity contribution in [2.24, 2.45) is 0 Å². The number of fused-ring (bicyclic) bond motifs is 4. The Morgan fingerprint density at radius 2 is 1.73 bits per heavy atom. The minimum absolute atomic E-state index is 0.0752. The number of nitro groups is 1. The van der Waals surface area contributed by atoms with Crippen LogP contribution in [0.1, 0.15) is 22.0 Å². The van der Waals surface area contributed by atoms with Crippen LogP contribution in [0.5, 0.6) is 17.2 Å². The van der Waals surface area contributed by atoms with Crippen molar-refractivity contribution in [3.8, 4) is 17.2 Å². The van der Waals surface area contributed by atoms with E-state index in [-0.39, 0.29) is 40.7 Å². The Bertz CT molecular complexity index is 1920. The van der Waals surface area contributed by atoms with Gasteiger partial charge >= 0.3 is 6.16 Å². The lowest BCUT2D eigenvalue weighted by molar-refractivity contribution is -0.384. The number of amides is 1. The van der Waals surface area contributed by atoms with E-state index in [9.17, 15) is 19.7 Å². The summed E-state index contributed by atoms with van der Waals surface area (Å²) in [6.07, 6.45) is -1.04. The molecule has 1 aliphatic rings. The van der Waals surface area contributed by atoms with Crippen molar-refractivity contribution in [1.29, 1.82) is 0 Å². The van der Waals surface area contributed by atoms with Crippen LogP contribution in [-0.4, -0.2) is 61.6 Å². The number of carbonyl (C=O) groups is 2. The lowest BCUT2D eigenvalue weighted by Gasteiger charge is -2.18. The van der Waals surface area contributed by atoms with Crippen molar-refractivity contribution in [1.82, 2.24) is 4.90 Å². The van der Waals surface area contributed by atoms with Gasteiger partial charge in [-0.3, -0.25) is 14.9 Å². The van der Waals surface area contributed by atoms with Gasteiger partial charge in [0.25, 0.3) is 11.6 Å². The van der Waals surface area contributed by atoms with E-state index in [1.807, 2.05) is 43.3 Å². The largest absolute Gasteiger partial charge is 0.519 e. The number of hydrogen-bond acceptors (Lipinski definition) is 9. The predicted molar refractivity (Wildman–Crippen MR) is 169 cm³/mol. The van der Waals surface area contributed by atoms with Crippen LogP contribution in [0.3, 0.4) is 0 Å². The molecule has 1 aromatic heterocycles. The number of hydrogen-bond donors (Lipinski definition) is 0. The molecule has 11 nitrogen and oxygen atoms in total. The molecule has 1 atom stereocenters. The Hall–Kier alpha value is -5.13. The normalized spacial score (nSPS) is 14.1. The summed E-state index contributed by atoms with van der Waals surface area (Å²) in [6.45, 7) is 1.58. The highest BCUT2D eigenvalue weighted by molar-refractivity contribution is 6.19. The van der Waals surface area contributed by atoms with Crippen LogP contribution in [0.4, 0.5) is 16.2 Å². The number of ether oxygens (including phenoxy) is 3. The Kier molecular flexibility index (Phi) is 8.29. The van der Waals surface area contributed by atoms with E-state index in [0.29, 0.717) is 35.6 Å². The fourth-order valence-electron chi connectivity index (χ4n) is 5.35. The van der Waals surface area contributed by atoms with Gasteiger partial charge in [0.05, 0.1) is 10.6 Å². The molecule has 12 heteroatoms. The lowest BCUT2D eigenvalue weighted by atomic mass is 9.95. The Labute approximate surface area is 262 Å². The van der Waals surface area contributed by atoms with E-state index < -0.39 is 11.1 Å². The first-order valence-corrected chi connectivity index (χ1v) is 14.6. The molecular weight excluding hydrogens is 602 g/mol. The highest BCUT2D eigenvalue weighted by Crippen LogP contribution is 2.46. The van der Waals surface area contributed by atoms with Gasteiger partial charge in [-0.05, 0) is 61.4 Å². The van der Waals surface area contributed by atoms with Gasteiger partial charge in [0.2, 0.25) is 0 Å². The van der Waals surface area contributed by atoms with Gasteiger partial charge in [0, 0.05) is 53.9 Å². The molecule has 1 aliphatic heterocycles. The average molecular weight is 630 g/mol. The molecule has 1 amide bonds. The SMILES string of the molecule is CN(C)CCOc1ccc2oc(C(=O)N3C[C@@H](CCl)c4c3cc(OC(=O)Oc3ccc([N+](=O)[O-])cc3)c3ccccc43)cc2c1. The number of carbonyl (C=O) groups excluding carboxylic acids is 2. The zero-order valence-electron chi connectivity index (χ0n) is 24.4. The van der Waals surface area contributed by atoms with E-state index >= 15 is 0 Å². The molecule has 0 spiro atoms. The zero-order valence-corrected chi connectivity index (χ0v) is 25.2. The first-order chi connectivity index (χ1) is 21.7. The maximum absolute atomic E-state index is 13.9. The maximum atomic E-state index is 13.9. The third-order valence-electron chi connectivity index (χ3n) is 7.51. The van der Waals surface area contributed by atoms with Crippen molar-refractivity contribution >= 4 is 56.8 Å². The second-order valence-electron chi connectivity index (χ2n) is 10.8. The predicted octanol–water partition coefficient (Wildman–Crippen LogP) is 7.00. The average Bonchev–Trinajstić information content (AvgIpc) is 3.62. The van der Waals surface area contributed by atoms with Crippen molar-refractivity contribution in [3.63, 3.8) is 0 Å². The summed E-state index contributed by atoms with van der Waals surface area (Å²) < 4.78 is 22.7. The molecule has 0 saturated heterocycles. The maximum Gasteiger partial charge on any atom is 0.519 e. The lowest BCUT2D eigenvalue weighted by Crippen LogP contribution is -2.29. The van der Waals surface area contributed by atoms with E-state index in [4.69, 9.17) is 30.2 Å². The van der Waals surface area contributed by atoms with Gasteiger partial charge in [-0.1, -0.05) is 24.3 Å². The molecular formula is C33H28ClN3O8. The van der Waals surface area contributed by atoms with Gasteiger partial charge in [-0.2, -0.15) is 0 Å². The van der Waals surface area contributed by atoms with E-state index in [0.717, 1.165) is 22.9 Å². The van der Waals surface area contributed by atoms with Gasteiger partial charge < -0.3 is 28.4 Å². The molecule has 5 aromatic rings. The minimum atomic E-state index is -1.04. The summed E-state index contributed by atoms with van der Waals surface area (Å²) in [5.74, 6) is 0.774. The molecule has 0 fully saturated rings. The molecule has 0 bridgehead atoms. The van der Waals surface area contributed by atoms with Crippen LogP contribution in [0, 0.1) is 10.1 Å². The summed E-state index contributed by atoms with van der Waals surface area (Å²) in [5.41, 5.74) is 1.80. The van der Waals surface area contributed by atoms with E-state index in [2.05, 4.69) is 0 Å². The molecule has 0 radical (unpaired) electrons. The molecule has 4 aromatic carbocycles. The van der Waals surface area contributed by atoms with Crippen molar-refractivity contribution in [2.45, 2.75) is 5.92 Å². The number of furan rings is 1.